The average molecular weight is 499 g/mol. The normalized spacial score (nSPS) is 25.9. The average Bonchev–Trinajstić information content (AvgIpc) is 3.39. The molecule has 8 nitrogen and oxygen atoms in total. The monoisotopic (exact) mass is 498 g/mol. The van der Waals surface area contributed by atoms with Crippen molar-refractivity contribution < 1.29 is 19.1 Å². The Hall–Kier alpha value is -2.45. The van der Waals surface area contributed by atoms with Gasteiger partial charge >= 0.3 is 0 Å². The van der Waals surface area contributed by atoms with E-state index in [1.807, 2.05) is 38.1 Å². The van der Waals surface area contributed by atoms with Crippen molar-refractivity contribution in [3.05, 3.63) is 29.8 Å². The van der Waals surface area contributed by atoms with Crippen molar-refractivity contribution in [2.24, 2.45) is 17.3 Å². The van der Waals surface area contributed by atoms with Gasteiger partial charge in [-0.15, -0.1) is 0 Å². The number of hydrogen-bond donors (Lipinski definition) is 1. The summed E-state index contributed by atoms with van der Waals surface area (Å²) in [4.78, 5) is 46.0. The number of carbonyl (C=O) groups excluding carboxylic acids is 3. The minimum Gasteiger partial charge on any atom is -0.369 e. The molecule has 0 bridgehead atoms. The van der Waals surface area contributed by atoms with Crippen LogP contribution in [0.1, 0.15) is 51.4 Å². The Balaban J connectivity index is 1.48. The molecule has 4 atom stereocenters. The minimum absolute atomic E-state index is 0.0470. The van der Waals surface area contributed by atoms with E-state index in [9.17, 15) is 14.4 Å². The molecular weight excluding hydrogens is 456 g/mol. The Labute approximate surface area is 215 Å². The van der Waals surface area contributed by atoms with Gasteiger partial charge in [0, 0.05) is 49.9 Å². The fourth-order valence-electron chi connectivity index (χ4n) is 5.67. The smallest absolute Gasteiger partial charge is 0.251 e. The van der Waals surface area contributed by atoms with Crippen molar-refractivity contribution in [3.8, 4) is 0 Å². The first kappa shape index (κ1) is 26.6. The molecule has 36 heavy (non-hydrogen) atoms. The van der Waals surface area contributed by atoms with Crippen LogP contribution in [-0.2, 0) is 14.3 Å². The Kier molecular flexibility index (Phi) is 7.76. The van der Waals surface area contributed by atoms with Crippen LogP contribution >= 0.6 is 0 Å². The van der Waals surface area contributed by atoms with E-state index in [1.54, 1.807) is 4.90 Å². The zero-order valence-electron chi connectivity index (χ0n) is 22.6. The summed E-state index contributed by atoms with van der Waals surface area (Å²) in [6.45, 7) is 14.9. The summed E-state index contributed by atoms with van der Waals surface area (Å²) in [6, 6.07) is 6.37. The highest BCUT2D eigenvalue weighted by Gasteiger charge is 2.55. The van der Waals surface area contributed by atoms with E-state index in [0.717, 1.165) is 31.9 Å². The van der Waals surface area contributed by atoms with E-state index in [1.165, 1.54) is 0 Å². The molecule has 0 aliphatic carbocycles. The van der Waals surface area contributed by atoms with Gasteiger partial charge in [-0.1, -0.05) is 34.6 Å². The van der Waals surface area contributed by atoms with Gasteiger partial charge in [0.1, 0.15) is 18.7 Å². The summed E-state index contributed by atoms with van der Waals surface area (Å²) in [6.07, 6.45) is 0.228. The molecule has 0 aromatic heterocycles. The molecule has 2 amide bonds. The number of benzene rings is 1. The standard InChI is InChI=1S/C28H42N4O4/c1-18(2)15-22(27(35)32-16-21(28(3,4)5)25-24(32)23(33)17-36-25)29-26(34)19-7-9-20(10-8-19)31-13-11-30(6)12-14-31/h7-10,18,21-22,24-25H,11-17H2,1-6H3,(H,29,34)/t21-,22+,24-,25-/m1/s1. The lowest BCUT2D eigenvalue weighted by Crippen LogP contribution is -2.52. The maximum absolute atomic E-state index is 13.8. The van der Waals surface area contributed by atoms with Crippen LogP contribution in [0, 0.1) is 17.3 Å². The number of fused-ring (bicyclic) bond motifs is 1. The van der Waals surface area contributed by atoms with Crippen molar-refractivity contribution in [1.82, 2.24) is 15.1 Å². The number of hydrogen-bond acceptors (Lipinski definition) is 6. The van der Waals surface area contributed by atoms with Crippen molar-refractivity contribution >= 4 is 23.3 Å². The van der Waals surface area contributed by atoms with Gasteiger partial charge in [-0.3, -0.25) is 14.4 Å². The number of likely N-dealkylation sites (N-methyl/N-ethyl adjacent to an activating group) is 1. The molecule has 0 spiro atoms. The molecule has 1 aromatic carbocycles. The number of rotatable bonds is 6. The first-order chi connectivity index (χ1) is 17.0. The number of nitrogens with one attached hydrogen (secondary N) is 1. The summed E-state index contributed by atoms with van der Waals surface area (Å²) in [5.74, 6) is -0.237. The zero-order valence-corrected chi connectivity index (χ0v) is 22.6. The molecule has 3 saturated heterocycles. The lowest BCUT2D eigenvalue weighted by Gasteiger charge is -2.34. The Morgan fingerprint density at radius 1 is 1.08 bits per heavy atom. The Morgan fingerprint density at radius 2 is 1.72 bits per heavy atom. The zero-order chi connectivity index (χ0) is 26.2. The highest BCUT2D eigenvalue weighted by molar-refractivity contribution is 5.99. The van der Waals surface area contributed by atoms with E-state index in [-0.39, 0.29) is 47.6 Å². The van der Waals surface area contributed by atoms with Crippen LogP contribution in [0.2, 0.25) is 0 Å². The Morgan fingerprint density at radius 3 is 2.31 bits per heavy atom. The van der Waals surface area contributed by atoms with Gasteiger partial charge in [0.15, 0.2) is 5.78 Å². The van der Waals surface area contributed by atoms with Gasteiger partial charge in [-0.25, -0.2) is 0 Å². The number of carbonyl (C=O) groups is 3. The van der Waals surface area contributed by atoms with Crippen molar-refractivity contribution in [2.45, 2.75) is 59.2 Å². The van der Waals surface area contributed by atoms with Crippen LogP contribution in [0.5, 0.6) is 0 Å². The number of piperazine rings is 1. The molecule has 0 radical (unpaired) electrons. The molecule has 198 valence electrons. The molecule has 1 aromatic rings. The quantitative estimate of drug-likeness (QED) is 0.649. The molecule has 3 aliphatic rings. The van der Waals surface area contributed by atoms with Crippen LogP contribution in [-0.4, -0.2) is 92.0 Å². The topological polar surface area (TPSA) is 82.2 Å². The third kappa shape index (κ3) is 5.59. The number of amides is 2. The lowest BCUT2D eigenvalue weighted by molar-refractivity contribution is -0.138. The van der Waals surface area contributed by atoms with Crippen LogP contribution in [0.25, 0.3) is 0 Å². The third-order valence-electron chi connectivity index (χ3n) is 7.89. The van der Waals surface area contributed by atoms with Crippen molar-refractivity contribution in [3.63, 3.8) is 0 Å². The van der Waals surface area contributed by atoms with Crippen molar-refractivity contribution in [1.29, 1.82) is 0 Å². The van der Waals surface area contributed by atoms with E-state index in [2.05, 4.69) is 42.9 Å². The molecule has 3 heterocycles. The van der Waals surface area contributed by atoms with E-state index in [4.69, 9.17) is 4.74 Å². The summed E-state index contributed by atoms with van der Waals surface area (Å²) in [5.41, 5.74) is 1.53. The number of ether oxygens (including phenoxy) is 1. The first-order valence-corrected chi connectivity index (χ1v) is 13.2. The second-order valence-electron chi connectivity index (χ2n) is 12.1. The van der Waals surface area contributed by atoms with Gasteiger partial charge in [0.25, 0.3) is 5.91 Å². The van der Waals surface area contributed by atoms with Gasteiger partial charge in [-0.2, -0.15) is 0 Å². The third-order valence-corrected chi connectivity index (χ3v) is 7.89. The minimum atomic E-state index is -0.692. The number of nitrogens with zero attached hydrogens (tertiary/aromatic N) is 3. The van der Waals surface area contributed by atoms with Gasteiger partial charge < -0.3 is 24.8 Å². The molecule has 4 rings (SSSR count). The number of anilines is 1. The number of ketones is 1. The van der Waals surface area contributed by atoms with Crippen LogP contribution in [0.3, 0.4) is 0 Å². The van der Waals surface area contributed by atoms with Crippen LogP contribution in [0.15, 0.2) is 24.3 Å². The second kappa shape index (κ2) is 10.5. The fourth-order valence-corrected chi connectivity index (χ4v) is 5.67. The molecular formula is C28H42N4O4. The van der Waals surface area contributed by atoms with Crippen LogP contribution in [0.4, 0.5) is 5.69 Å². The summed E-state index contributed by atoms with van der Waals surface area (Å²) in [7, 11) is 2.13. The maximum atomic E-state index is 13.8. The molecule has 8 heteroatoms. The molecule has 3 aliphatic heterocycles. The number of Topliss-reactive ketones (excluding diaryl/α,β-unsaturated/α-hetero) is 1. The van der Waals surface area contributed by atoms with Gasteiger partial charge in [0.2, 0.25) is 5.91 Å². The molecule has 1 N–H and O–H groups in total. The van der Waals surface area contributed by atoms with E-state index < -0.39 is 12.1 Å². The summed E-state index contributed by atoms with van der Waals surface area (Å²) < 4.78 is 5.85. The fraction of sp³-hybridized carbons (Fsp3) is 0.679. The second-order valence-corrected chi connectivity index (χ2v) is 12.1. The highest BCUT2D eigenvalue weighted by atomic mass is 16.5. The lowest BCUT2D eigenvalue weighted by atomic mass is 9.78. The SMILES string of the molecule is CC(C)C[C@H](NC(=O)c1ccc(N2CCN(C)CC2)cc1)C(=O)N1C[C@@H](C(C)(C)C)[C@H]2OCC(=O)[C@H]21. The maximum Gasteiger partial charge on any atom is 0.251 e. The van der Waals surface area contributed by atoms with E-state index in [0.29, 0.717) is 18.5 Å². The summed E-state index contributed by atoms with van der Waals surface area (Å²) >= 11 is 0. The number of likely N-dealkylation sites (tertiary alicyclic amines) is 1. The Bertz CT molecular complexity index is 963. The van der Waals surface area contributed by atoms with E-state index >= 15 is 0 Å². The molecule has 3 fully saturated rings. The predicted octanol–water partition coefficient (Wildman–Crippen LogP) is 2.42. The van der Waals surface area contributed by atoms with Gasteiger partial charge in [0.05, 0.1) is 6.10 Å². The van der Waals surface area contributed by atoms with Gasteiger partial charge in [-0.05, 0) is 49.1 Å². The van der Waals surface area contributed by atoms with Crippen molar-refractivity contribution in [2.75, 3.05) is 51.3 Å². The molecule has 0 saturated carbocycles. The highest BCUT2D eigenvalue weighted by Crippen LogP contribution is 2.41. The molecule has 0 unspecified atom stereocenters. The summed E-state index contributed by atoms with van der Waals surface area (Å²) in [5, 5.41) is 2.99. The first-order valence-electron chi connectivity index (χ1n) is 13.2. The van der Waals surface area contributed by atoms with Crippen LogP contribution < -0.4 is 10.2 Å². The largest absolute Gasteiger partial charge is 0.369 e. The predicted molar refractivity (Wildman–Crippen MR) is 140 cm³/mol.